The lowest BCUT2D eigenvalue weighted by molar-refractivity contribution is 0.00722. The Morgan fingerprint density at radius 3 is 2.89 bits per heavy atom. The van der Waals surface area contributed by atoms with Crippen LogP contribution in [-0.2, 0) is 11.3 Å². The molecule has 0 unspecified atom stereocenters. The van der Waals surface area contributed by atoms with E-state index >= 15 is 0 Å². The lowest BCUT2D eigenvalue weighted by Gasteiger charge is -2.31. The van der Waals surface area contributed by atoms with E-state index in [2.05, 4.69) is 32.2 Å². The molecular formula is C15H22N2OS. The van der Waals surface area contributed by atoms with Crippen molar-refractivity contribution in [2.45, 2.75) is 39.8 Å². The van der Waals surface area contributed by atoms with E-state index in [9.17, 15) is 0 Å². The fourth-order valence-corrected chi connectivity index (χ4v) is 3.49. The third-order valence-corrected chi connectivity index (χ3v) is 4.54. The van der Waals surface area contributed by atoms with Gasteiger partial charge >= 0.3 is 0 Å². The molecule has 0 aliphatic carbocycles. The molecule has 1 aromatic heterocycles. The van der Waals surface area contributed by atoms with Crippen molar-refractivity contribution in [2.24, 2.45) is 11.3 Å². The number of ether oxygens (including phenoxy) is 1. The Balaban J connectivity index is 1.81. The van der Waals surface area contributed by atoms with E-state index in [-0.39, 0.29) is 5.41 Å². The molecular weight excluding hydrogens is 256 g/mol. The van der Waals surface area contributed by atoms with Crippen LogP contribution in [-0.4, -0.2) is 19.3 Å². The van der Waals surface area contributed by atoms with Gasteiger partial charge in [-0.1, -0.05) is 20.8 Å². The van der Waals surface area contributed by atoms with Gasteiger partial charge in [0.1, 0.15) is 10.9 Å². The molecule has 1 N–H and O–H groups in total. The standard InChI is InChI=1S/C15H22N2OS/c1-15(2,3)14-11(6-7-18-14)9-17-10-13-5-4-12(8-16)19-13/h4-5,11,14,17H,6-7,9-10H2,1-3H3/t11-,14+/m1/s1. The summed E-state index contributed by atoms with van der Waals surface area (Å²) in [5, 5.41) is 12.3. The molecule has 4 heteroatoms. The Labute approximate surface area is 119 Å². The van der Waals surface area contributed by atoms with Gasteiger partial charge in [-0.05, 0) is 24.0 Å². The summed E-state index contributed by atoms with van der Waals surface area (Å²) < 4.78 is 5.87. The molecule has 0 aromatic carbocycles. The zero-order valence-corrected chi connectivity index (χ0v) is 12.7. The molecule has 1 aliphatic rings. The van der Waals surface area contributed by atoms with Crippen molar-refractivity contribution in [3.63, 3.8) is 0 Å². The first-order chi connectivity index (χ1) is 9.00. The summed E-state index contributed by atoms with van der Waals surface area (Å²) in [5.74, 6) is 0.593. The van der Waals surface area contributed by atoms with Crippen LogP contribution in [0.3, 0.4) is 0 Å². The van der Waals surface area contributed by atoms with Gasteiger partial charge in [0.05, 0.1) is 6.10 Å². The molecule has 1 aliphatic heterocycles. The smallest absolute Gasteiger partial charge is 0.110 e. The molecule has 1 fully saturated rings. The highest BCUT2D eigenvalue weighted by molar-refractivity contribution is 7.12. The zero-order chi connectivity index (χ0) is 13.9. The minimum Gasteiger partial charge on any atom is -0.377 e. The average molecular weight is 278 g/mol. The van der Waals surface area contributed by atoms with Gasteiger partial charge in [0.2, 0.25) is 0 Å². The van der Waals surface area contributed by atoms with Gasteiger partial charge in [-0.15, -0.1) is 11.3 Å². The molecule has 1 aromatic rings. The fourth-order valence-electron chi connectivity index (χ4n) is 2.71. The quantitative estimate of drug-likeness (QED) is 0.920. The Bertz CT molecular complexity index is 455. The second-order valence-corrected chi connectivity index (χ2v) is 7.38. The van der Waals surface area contributed by atoms with Crippen LogP contribution in [0.15, 0.2) is 12.1 Å². The lowest BCUT2D eigenvalue weighted by Crippen LogP contribution is -2.36. The van der Waals surface area contributed by atoms with Crippen molar-refractivity contribution >= 4 is 11.3 Å². The minimum atomic E-state index is 0.208. The van der Waals surface area contributed by atoms with Crippen molar-refractivity contribution in [3.05, 3.63) is 21.9 Å². The number of nitrogens with one attached hydrogen (secondary N) is 1. The minimum absolute atomic E-state index is 0.208. The predicted octanol–water partition coefficient (Wildman–Crippen LogP) is 3.16. The summed E-state index contributed by atoms with van der Waals surface area (Å²) in [6.45, 7) is 9.45. The predicted molar refractivity (Wildman–Crippen MR) is 78.0 cm³/mol. The molecule has 3 nitrogen and oxygen atoms in total. The average Bonchev–Trinajstić information content (AvgIpc) is 2.96. The van der Waals surface area contributed by atoms with E-state index in [1.807, 2.05) is 12.1 Å². The first-order valence-electron chi connectivity index (χ1n) is 6.82. The van der Waals surface area contributed by atoms with Crippen LogP contribution in [0.1, 0.15) is 36.9 Å². The summed E-state index contributed by atoms with van der Waals surface area (Å²) >= 11 is 1.57. The summed E-state index contributed by atoms with van der Waals surface area (Å²) in [7, 11) is 0. The van der Waals surface area contributed by atoms with Crippen LogP contribution < -0.4 is 5.32 Å². The van der Waals surface area contributed by atoms with Gasteiger partial charge in [-0.3, -0.25) is 0 Å². The van der Waals surface area contributed by atoms with Crippen LogP contribution in [0, 0.1) is 22.7 Å². The molecule has 2 atom stereocenters. The fraction of sp³-hybridized carbons (Fsp3) is 0.667. The Morgan fingerprint density at radius 1 is 1.47 bits per heavy atom. The van der Waals surface area contributed by atoms with Crippen molar-refractivity contribution in [2.75, 3.05) is 13.2 Å². The lowest BCUT2D eigenvalue weighted by atomic mass is 9.81. The van der Waals surface area contributed by atoms with Crippen molar-refractivity contribution in [1.82, 2.24) is 5.32 Å². The van der Waals surface area contributed by atoms with E-state index in [4.69, 9.17) is 10.00 Å². The van der Waals surface area contributed by atoms with E-state index in [0.717, 1.165) is 31.0 Å². The number of nitrogens with zero attached hydrogens (tertiary/aromatic N) is 1. The number of nitriles is 1. The molecule has 0 spiro atoms. The number of thiophene rings is 1. The monoisotopic (exact) mass is 278 g/mol. The molecule has 0 bridgehead atoms. The van der Waals surface area contributed by atoms with E-state index in [0.29, 0.717) is 12.0 Å². The van der Waals surface area contributed by atoms with E-state index in [1.165, 1.54) is 4.88 Å². The molecule has 2 rings (SSSR count). The number of hydrogen-bond donors (Lipinski definition) is 1. The Morgan fingerprint density at radius 2 is 2.26 bits per heavy atom. The largest absolute Gasteiger partial charge is 0.377 e. The molecule has 19 heavy (non-hydrogen) atoms. The van der Waals surface area contributed by atoms with Gasteiger partial charge < -0.3 is 10.1 Å². The summed E-state index contributed by atoms with van der Waals surface area (Å²) in [6.07, 6.45) is 1.49. The normalized spacial score (nSPS) is 23.5. The second kappa shape index (κ2) is 6.04. The Hall–Kier alpha value is -0.890. The molecule has 0 saturated carbocycles. The van der Waals surface area contributed by atoms with E-state index in [1.54, 1.807) is 11.3 Å². The molecule has 1 saturated heterocycles. The maximum Gasteiger partial charge on any atom is 0.110 e. The van der Waals surface area contributed by atoms with Crippen LogP contribution in [0.5, 0.6) is 0 Å². The van der Waals surface area contributed by atoms with Gasteiger partial charge in [-0.2, -0.15) is 5.26 Å². The van der Waals surface area contributed by atoms with Gasteiger partial charge in [0.25, 0.3) is 0 Å². The highest BCUT2D eigenvalue weighted by Crippen LogP contribution is 2.34. The maximum absolute atomic E-state index is 8.80. The maximum atomic E-state index is 8.80. The van der Waals surface area contributed by atoms with Crippen molar-refractivity contribution in [1.29, 1.82) is 5.26 Å². The third-order valence-electron chi connectivity index (χ3n) is 3.55. The highest BCUT2D eigenvalue weighted by Gasteiger charge is 2.36. The zero-order valence-electron chi connectivity index (χ0n) is 11.9. The summed E-state index contributed by atoms with van der Waals surface area (Å²) in [6, 6.07) is 6.09. The van der Waals surface area contributed by atoms with Gasteiger partial charge in [0, 0.05) is 30.5 Å². The first-order valence-corrected chi connectivity index (χ1v) is 7.63. The van der Waals surface area contributed by atoms with Crippen LogP contribution >= 0.6 is 11.3 Å². The summed E-state index contributed by atoms with van der Waals surface area (Å²) in [5.41, 5.74) is 0.208. The SMILES string of the molecule is CC(C)(C)[C@H]1OCC[C@@H]1CNCc1ccc(C#N)s1. The van der Waals surface area contributed by atoms with Gasteiger partial charge in [0.15, 0.2) is 0 Å². The third kappa shape index (κ3) is 3.79. The highest BCUT2D eigenvalue weighted by atomic mass is 32.1. The second-order valence-electron chi connectivity index (χ2n) is 6.21. The van der Waals surface area contributed by atoms with Crippen LogP contribution in [0.4, 0.5) is 0 Å². The molecule has 2 heterocycles. The van der Waals surface area contributed by atoms with Crippen molar-refractivity contribution in [3.8, 4) is 6.07 Å². The molecule has 0 amide bonds. The topological polar surface area (TPSA) is 45.0 Å². The summed E-state index contributed by atoms with van der Waals surface area (Å²) in [4.78, 5) is 2.01. The number of hydrogen-bond acceptors (Lipinski definition) is 4. The first kappa shape index (κ1) is 14.5. The van der Waals surface area contributed by atoms with Crippen LogP contribution in [0.25, 0.3) is 0 Å². The molecule has 0 radical (unpaired) electrons. The van der Waals surface area contributed by atoms with Crippen LogP contribution in [0.2, 0.25) is 0 Å². The molecule has 104 valence electrons. The Kier molecular flexibility index (Phi) is 4.62. The van der Waals surface area contributed by atoms with E-state index < -0.39 is 0 Å². The number of rotatable bonds is 4. The van der Waals surface area contributed by atoms with Gasteiger partial charge in [-0.25, -0.2) is 0 Å². The van der Waals surface area contributed by atoms with Crippen molar-refractivity contribution < 1.29 is 4.74 Å².